The largest absolute Gasteiger partial charge is 0.450 e. The Kier molecular flexibility index (Phi) is 7.55. The summed E-state index contributed by atoms with van der Waals surface area (Å²) in [4.78, 5) is 11.0. The van der Waals surface area contributed by atoms with Crippen molar-refractivity contribution in [1.82, 2.24) is 9.97 Å². The summed E-state index contributed by atoms with van der Waals surface area (Å²) in [5, 5.41) is 16.9. The Bertz CT molecular complexity index is 1330. The van der Waals surface area contributed by atoms with Crippen LogP contribution in [0.5, 0.6) is 0 Å². The molecule has 4 rings (SSSR count). The van der Waals surface area contributed by atoms with Crippen LogP contribution in [0.1, 0.15) is 5.56 Å². The highest BCUT2D eigenvalue weighted by molar-refractivity contribution is 5.86. The maximum Gasteiger partial charge on any atom is 0.450 e. The van der Waals surface area contributed by atoms with Crippen molar-refractivity contribution in [2.75, 3.05) is 41.5 Å². The lowest BCUT2D eigenvalue weighted by Gasteiger charge is -2.29. The molecule has 2 aromatic carbocycles. The Morgan fingerprint density at radius 1 is 1.19 bits per heavy atom. The first-order valence-electron chi connectivity index (χ1n) is 11.2. The highest BCUT2D eigenvalue weighted by Crippen LogP contribution is 2.28. The normalized spacial score (nSPS) is 14.1. The van der Waals surface area contributed by atoms with Crippen LogP contribution in [0.3, 0.4) is 0 Å². The number of hydrogen-bond acceptors (Lipinski definition) is 8. The van der Waals surface area contributed by atoms with Gasteiger partial charge in [0.05, 0.1) is 36.2 Å². The first kappa shape index (κ1) is 25.5. The van der Waals surface area contributed by atoms with Crippen molar-refractivity contribution in [3.63, 3.8) is 0 Å². The molecule has 0 radical (unpaired) electrons. The van der Waals surface area contributed by atoms with Crippen molar-refractivity contribution in [2.45, 2.75) is 6.18 Å². The minimum absolute atomic E-state index is 0.306. The van der Waals surface area contributed by atoms with Crippen molar-refractivity contribution >= 4 is 28.8 Å². The minimum Gasteiger partial charge on any atom is -0.378 e. The van der Waals surface area contributed by atoms with Gasteiger partial charge in [-0.15, -0.1) is 5.10 Å². The zero-order chi connectivity index (χ0) is 26.4. The average molecular weight is 509 g/mol. The van der Waals surface area contributed by atoms with E-state index in [4.69, 9.17) is 10.5 Å². The van der Waals surface area contributed by atoms with E-state index in [1.165, 1.54) is 0 Å². The highest BCUT2D eigenvalue weighted by atomic mass is 19.4. The van der Waals surface area contributed by atoms with Gasteiger partial charge in [-0.05, 0) is 48.5 Å². The molecule has 1 fully saturated rings. The molecule has 1 aliphatic rings. The van der Waals surface area contributed by atoms with Crippen LogP contribution in [0.25, 0.3) is 11.3 Å². The SMILES string of the molecule is C=CN(/N=C(\N)C(F)(F)F)c1ccc(Nc2nccc(-c3cc(C#N)cc(N4CCOCC4)c3)n2)cc1. The number of rotatable bonds is 7. The number of benzene rings is 2. The maximum absolute atomic E-state index is 12.7. The molecule has 0 spiro atoms. The van der Waals surface area contributed by atoms with Crippen LogP contribution in [0.15, 0.2) is 72.6 Å². The second kappa shape index (κ2) is 11.0. The van der Waals surface area contributed by atoms with E-state index >= 15 is 0 Å². The Balaban J connectivity index is 1.54. The molecule has 3 N–H and O–H groups in total. The van der Waals surface area contributed by atoms with E-state index < -0.39 is 12.0 Å². The van der Waals surface area contributed by atoms with Crippen molar-refractivity contribution in [2.24, 2.45) is 10.8 Å². The summed E-state index contributed by atoms with van der Waals surface area (Å²) in [6.07, 6.45) is -2.03. The zero-order valence-electron chi connectivity index (χ0n) is 19.6. The number of anilines is 4. The topological polar surface area (TPSA) is 116 Å². The molecular formula is C25H23F3N8O. The lowest BCUT2D eigenvalue weighted by molar-refractivity contribution is -0.0600. The van der Waals surface area contributed by atoms with E-state index in [0.29, 0.717) is 41.8 Å². The summed E-state index contributed by atoms with van der Waals surface area (Å²) in [7, 11) is 0. The van der Waals surface area contributed by atoms with Gasteiger partial charge >= 0.3 is 6.18 Å². The Labute approximate surface area is 211 Å². The van der Waals surface area contributed by atoms with Crippen LogP contribution >= 0.6 is 0 Å². The maximum atomic E-state index is 12.7. The number of halogens is 3. The molecule has 0 aliphatic carbocycles. The standard InChI is InChI=1S/C25H23F3N8O/c1-2-36(34-23(30)25(26,27)28)20-5-3-19(4-6-20)32-24-31-8-7-22(33-24)18-13-17(16-29)14-21(15-18)35-9-11-37-12-10-35/h2-8,13-15H,1,9-12H2,(H2,30,34)(H,31,32,33). The molecule has 1 saturated heterocycles. The van der Waals surface area contributed by atoms with E-state index in [1.807, 2.05) is 12.1 Å². The van der Waals surface area contributed by atoms with Gasteiger partial charge in [0.1, 0.15) is 0 Å². The fraction of sp³-hybridized carbons (Fsp3) is 0.200. The molecule has 3 aromatic rings. The molecule has 0 atom stereocenters. The molecular weight excluding hydrogens is 485 g/mol. The van der Waals surface area contributed by atoms with Crippen LogP contribution in [0.2, 0.25) is 0 Å². The first-order valence-corrected chi connectivity index (χ1v) is 11.2. The molecule has 0 saturated carbocycles. The quantitative estimate of drug-likeness (QED) is 0.275. The highest BCUT2D eigenvalue weighted by Gasteiger charge is 2.34. The number of nitrogens with zero attached hydrogens (tertiary/aromatic N) is 6. The van der Waals surface area contributed by atoms with Gasteiger partial charge in [0, 0.05) is 42.4 Å². The molecule has 0 bridgehead atoms. The third-order valence-electron chi connectivity index (χ3n) is 5.44. The van der Waals surface area contributed by atoms with Gasteiger partial charge in [-0.1, -0.05) is 6.58 Å². The average Bonchev–Trinajstić information content (AvgIpc) is 2.92. The van der Waals surface area contributed by atoms with Gasteiger partial charge in [-0.3, -0.25) is 0 Å². The Hall–Kier alpha value is -4.63. The van der Waals surface area contributed by atoms with Gasteiger partial charge in [0.25, 0.3) is 0 Å². The summed E-state index contributed by atoms with van der Waals surface area (Å²) in [6.45, 7) is 6.20. The molecule has 0 amide bonds. The number of nitrogens with one attached hydrogen (secondary N) is 1. The van der Waals surface area contributed by atoms with Crippen molar-refractivity contribution in [1.29, 1.82) is 5.26 Å². The fourth-order valence-electron chi connectivity index (χ4n) is 3.61. The van der Waals surface area contributed by atoms with Crippen LogP contribution in [-0.2, 0) is 4.74 Å². The number of aromatic nitrogens is 2. The van der Waals surface area contributed by atoms with E-state index in [1.54, 1.807) is 42.6 Å². The van der Waals surface area contributed by atoms with E-state index in [2.05, 4.69) is 37.9 Å². The van der Waals surface area contributed by atoms with Crippen LogP contribution < -0.4 is 21.0 Å². The third kappa shape index (κ3) is 6.33. The Morgan fingerprint density at radius 3 is 2.57 bits per heavy atom. The summed E-state index contributed by atoms with van der Waals surface area (Å²) < 4.78 is 43.6. The van der Waals surface area contributed by atoms with Crippen molar-refractivity contribution in [3.8, 4) is 17.3 Å². The molecule has 1 aliphatic heterocycles. The van der Waals surface area contributed by atoms with Crippen LogP contribution in [0.4, 0.5) is 36.2 Å². The van der Waals surface area contributed by atoms with E-state index in [9.17, 15) is 18.4 Å². The van der Waals surface area contributed by atoms with E-state index in [-0.39, 0.29) is 0 Å². The van der Waals surface area contributed by atoms with Crippen LogP contribution in [-0.4, -0.2) is 48.3 Å². The lowest BCUT2D eigenvalue weighted by Crippen LogP contribution is -2.36. The zero-order valence-corrected chi connectivity index (χ0v) is 19.6. The number of nitriles is 1. The summed E-state index contributed by atoms with van der Waals surface area (Å²) in [5.74, 6) is -1.18. The summed E-state index contributed by atoms with van der Waals surface area (Å²) >= 11 is 0. The summed E-state index contributed by atoms with van der Waals surface area (Å²) in [5.41, 5.74) is 8.75. The summed E-state index contributed by atoms with van der Waals surface area (Å²) in [6, 6.07) is 15.9. The molecule has 0 unspecified atom stereocenters. The third-order valence-corrected chi connectivity index (χ3v) is 5.44. The monoisotopic (exact) mass is 508 g/mol. The number of nitrogens with two attached hydrogens (primary N) is 1. The smallest absolute Gasteiger partial charge is 0.378 e. The molecule has 12 heteroatoms. The Morgan fingerprint density at radius 2 is 1.92 bits per heavy atom. The first-order chi connectivity index (χ1) is 17.8. The van der Waals surface area contributed by atoms with Crippen molar-refractivity contribution in [3.05, 3.63) is 73.1 Å². The number of ether oxygens (including phenoxy) is 1. The molecule has 1 aromatic heterocycles. The number of hydrogen-bond donors (Lipinski definition) is 2. The number of alkyl halides is 3. The molecule has 9 nitrogen and oxygen atoms in total. The predicted molar refractivity (Wildman–Crippen MR) is 135 cm³/mol. The second-order valence-electron chi connectivity index (χ2n) is 7.93. The van der Waals surface area contributed by atoms with Gasteiger partial charge in [-0.25, -0.2) is 15.0 Å². The van der Waals surface area contributed by atoms with Gasteiger partial charge < -0.3 is 20.7 Å². The van der Waals surface area contributed by atoms with Gasteiger partial charge in [0.2, 0.25) is 11.8 Å². The van der Waals surface area contributed by atoms with E-state index in [0.717, 1.165) is 35.5 Å². The van der Waals surface area contributed by atoms with Crippen LogP contribution in [0, 0.1) is 11.3 Å². The molecule has 190 valence electrons. The second-order valence-corrected chi connectivity index (χ2v) is 7.93. The number of hydrazone groups is 1. The minimum atomic E-state index is -4.75. The fourth-order valence-corrected chi connectivity index (χ4v) is 3.61. The lowest BCUT2D eigenvalue weighted by atomic mass is 10.1. The number of amidine groups is 1. The van der Waals surface area contributed by atoms with Gasteiger partial charge in [-0.2, -0.15) is 18.4 Å². The molecule has 2 heterocycles. The van der Waals surface area contributed by atoms with Gasteiger partial charge in [0.15, 0.2) is 0 Å². The predicted octanol–water partition coefficient (Wildman–Crippen LogP) is 4.38. The number of morpholine rings is 1. The van der Waals surface area contributed by atoms with Crippen molar-refractivity contribution < 1.29 is 17.9 Å². The molecule has 37 heavy (non-hydrogen) atoms.